The van der Waals surface area contributed by atoms with E-state index < -0.39 is 0 Å². The van der Waals surface area contributed by atoms with Crippen LogP contribution in [0.2, 0.25) is 0 Å². The highest BCUT2D eigenvalue weighted by molar-refractivity contribution is 5.86. The van der Waals surface area contributed by atoms with E-state index in [9.17, 15) is 4.79 Å². The van der Waals surface area contributed by atoms with Crippen molar-refractivity contribution in [3.8, 4) is 0 Å². The van der Waals surface area contributed by atoms with Crippen molar-refractivity contribution in [1.29, 1.82) is 0 Å². The number of amides is 1. The Morgan fingerprint density at radius 2 is 1.92 bits per heavy atom. The molecule has 0 spiro atoms. The quantitative estimate of drug-likeness (QED) is 0.834. The van der Waals surface area contributed by atoms with E-state index in [2.05, 4.69) is 44.0 Å². The molecule has 0 atom stereocenters. The number of anilines is 1. The molecule has 0 unspecified atom stereocenters. The van der Waals surface area contributed by atoms with Crippen LogP contribution in [0.3, 0.4) is 0 Å². The Morgan fingerprint density at radius 1 is 1.20 bits per heavy atom. The first-order valence-electron chi connectivity index (χ1n) is 9.01. The molecule has 8 nitrogen and oxygen atoms in total. The number of aryl methyl sites for hydroxylation is 1. The average molecular weight is 345 g/mol. The third kappa shape index (κ3) is 3.89. The summed E-state index contributed by atoms with van der Waals surface area (Å²) in [6.07, 6.45) is 5.37. The molecule has 3 heterocycles. The van der Waals surface area contributed by atoms with Gasteiger partial charge in [0, 0.05) is 39.3 Å². The highest BCUT2D eigenvalue weighted by Gasteiger charge is 2.22. The number of hydrogen-bond donors (Lipinski definition) is 1. The van der Waals surface area contributed by atoms with Gasteiger partial charge in [-0.25, -0.2) is 9.97 Å². The van der Waals surface area contributed by atoms with Crippen LogP contribution in [0.1, 0.15) is 26.7 Å². The summed E-state index contributed by atoms with van der Waals surface area (Å²) in [5, 5.41) is 8.36. The zero-order chi connectivity index (χ0) is 17.8. The van der Waals surface area contributed by atoms with Crippen LogP contribution in [-0.4, -0.2) is 69.3 Å². The number of carbonyl (C=O) groups excluding carboxylic acids is 1. The lowest BCUT2D eigenvalue weighted by Crippen LogP contribution is -2.50. The molecular formula is C17H27N7O. The van der Waals surface area contributed by atoms with E-state index in [-0.39, 0.29) is 11.9 Å². The van der Waals surface area contributed by atoms with E-state index >= 15 is 0 Å². The molecule has 1 N–H and O–H groups in total. The number of nitrogens with zero attached hydrogens (tertiary/aromatic N) is 6. The molecular weight excluding hydrogens is 318 g/mol. The van der Waals surface area contributed by atoms with Crippen LogP contribution in [0.15, 0.2) is 12.5 Å². The fourth-order valence-electron chi connectivity index (χ4n) is 3.29. The number of fused-ring (bicyclic) bond motifs is 1. The predicted octanol–water partition coefficient (Wildman–Crippen LogP) is 0.790. The average Bonchev–Trinajstić information content (AvgIpc) is 3.02. The number of piperazine rings is 1. The maximum absolute atomic E-state index is 12.2. The van der Waals surface area contributed by atoms with Crippen LogP contribution >= 0.6 is 0 Å². The Labute approximate surface area is 148 Å². The maximum atomic E-state index is 12.2. The van der Waals surface area contributed by atoms with Gasteiger partial charge < -0.3 is 10.2 Å². The molecule has 0 saturated carbocycles. The van der Waals surface area contributed by atoms with Crippen molar-refractivity contribution < 1.29 is 4.79 Å². The van der Waals surface area contributed by atoms with Gasteiger partial charge in [-0.05, 0) is 12.8 Å². The van der Waals surface area contributed by atoms with Gasteiger partial charge in [-0.1, -0.05) is 13.8 Å². The molecule has 3 rings (SSSR count). The lowest BCUT2D eigenvalue weighted by Gasteiger charge is -2.35. The molecule has 0 radical (unpaired) electrons. The van der Waals surface area contributed by atoms with Crippen molar-refractivity contribution in [3.63, 3.8) is 0 Å². The molecule has 1 fully saturated rings. The minimum atomic E-state index is 0.124. The first-order chi connectivity index (χ1) is 12.1. The van der Waals surface area contributed by atoms with Crippen LogP contribution in [0.25, 0.3) is 11.0 Å². The SMILES string of the molecule is CCC(CC)NC(=O)CN1CCN(c2ncnc3c2cnn3C)CC1. The Hall–Kier alpha value is -2.22. The molecule has 1 aliphatic rings. The highest BCUT2D eigenvalue weighted by Crippen LogP contribution is 2.23. The van der Waals surface area contributed by atoms with Crippen molar-refractivity contribution in [2.75, 3.05) is 37.6 Å². The van der Waals surface area contributed by atoms with Gasteiger partial charge in [0.2, 0.25) is 5.91 Å². The van der Waals surface area contributed by atoms with Gasteiger partial charge in [0.25, 0.3) is 0 Å². The molecule has 2 aromatic rings. The zero-order valence-electron chi connectivity index (χ0n) is 15.3. The lowest BCUT2D eigenvalue weighted by atomic mass is 10.2. The summed E-state index contributed by atoms with van der Waals surface area (Å²) in [5.74, 6) is 1.05. The second kappa shape index (κ2) is 7.77. The summed E-state index contributed by atoms with van der Waals surface area (Å²) in [7, 11) is 1.88. The smallest absolute Gasteiger partial charge is 0.234 e. The summed E-state index contributed by atoms with van der Waals surface area (Å²) >= 11 is 0. The Kier molecular flexibility index (Phi) is 5.47. The van der Waals surface area contributed by atoms with Gasteiger partial charge in [-0.2, -0.15) is 5.10 Å². The second-order valence-corrected chi connectivity index (χ2v) is 6.55. The highest BCUT2D eigenvalue weighted by atomic mass is 16.2. The van der Waals surface area contributed by atoms with Crippen LogP contribution in [0, 0.1) is 0 Å². The monoisotopic (exact) mass is 345 g/mol. The van der Waals surface area contributed by atoms with Gasteiger partial charge in [0.1, 0.15) is 12.1 Å². The third-order valence-electron chi connectivity index (χ3n) is 4.90. The lowest BCUT2D eigenvalue weighted by molar-refractivity contribution is -0.123. The minimum absolute atomic E-state index is 0.124. The van der Waals surface area contributed by atoms with E-state index in [1.807, 2.05) is 13.2 Å². The predicted molar refractivity (Wildman–Crippen MR) is 97.5 cm³/mol. The Bertz CT molecular complexity index is 717. The number of nitrogens with one attached hydrogen (secondary N) is 1. The molecule has 8 heteroatoms. The maximum Gasteiger partial charge on any atom is 0.234 e. The normalized spacial score (nSPS) is 15.9. The van der Waals surface area contributed by atoms with E-state index in [4.69, 9.17) is 0 Å². The molecule has 136 valence electrons. The number of rotatable bonds is 6. The molecule has 1 aliphatic heterocycles. The fourth-order valence-corrected chi connectivity index (χ4v) is 3.29. The second-order valence-electron chi connectivity index (χ2n) is 6.55. The van der Waals surface area contributed by atoms with Gasteiger partial charge in [0.05, 0.1) is 18.1 Å². The first kappa shape index (κ1) is 17.6. The molecule has 0 aromatic carbocycles. The molecule has 1 amide bonds. The Balaban J connectivity index is 1.57. The summed E-state index contributed by atoms with van der Waals surface area (Å²) in [6.45, 7) is 8.07. The van der Waals surface area contributed by atoms with Crippen LogP contribution in [0.4, 0.5) is 5.82 Å². The molecule has 0 bridgehead atoms. The minimum Gasteiger partial charge on any atom is -0.353 e. The summed E-state index contributed by atoms with van der Waals surface area (Å²) in [5.41, 5.74) is 0.844. The van der Waals surface area contributed by atoms with Crippen molar-refractivity contribution >= 4 is 22.8 Å². The van der Waals surface area contributed by atoms with Gasteiger partial charge in [-0.15, -0.1) is 0 Å². The molecule has 0 aliphatic carbocycles. The standard InChI is InChI=1S/C17H27N7O/c1-4-13(5-2)21-15(25)11-23-6-8-24(9-7-23)17-14-10-20-22(3)16(14)18-12-19-17/h10,12-13H,4-9,11H2,1-3H3,(H,21,25). The van der Waals surface area contributed by atoms with Crippen molar-refractivity contribution in [2.24, 2.45) is 7.05 Å². The summed E-state index contributed by atoms with van der Waals surface area (Å²) < 4.78 is 1.76. The number of aromatic nitrogens is 4. The molecule has 2 aromatic heterocycles. The summed E-state index contributed by atoms with van der Waals surface area (Å²) in [4.78, 5) is 25.4. The zero-order valence-corrected chi connectivity index (χ0v) is 15.3. The topological polar surface area (TPSA) is 79.2 Å². The van der Waals surface area contributed by atoms with E-state index in [0.29, 0.717) is 6.54 Å². The molecule has 1 saturated heterocycles. The molecule has 25 heavy (non-hydrogen) atoms. The van der Waals surface area contributed by atoms with Gasteiger partial charge >= 0.3 is 0 Å². The number of hydrogen-bond acceptors (Lipinski definition) is 6. The van der Waals surface area contributed by atoms with Crippen molar-refractivity contribution in [3.05, 3.63) is 12.5 Å². The fraction of sp³-hybridized carbons (Fsp3) is 0.647. The van der Waals surface area contributed by atoms with Gasteiger partial charge in [-0.3, -0.25) is 14.4 Å². The van der Waals surface area contributed by atoms with Gasteiger partial charge in [0.15, 0.2) is 5.65 Å². The first-order valence-corrected chi connectivity index (χ1v) is 9.01. The van der Waals surface area contributed by atoms with E-state index in [0.717, 1.165) is 55.9 Å². The van der Waals surface area contributed by atoms with E-state index in [1.165, 1.54) is 0 Å². The summed E-state index contributed by atoms with van der Waals surface area (Å²) in [6, 6.07) is 0.286. The third-order valence-corrected chi connectivity index (χ3v) is 4.90. The van der Waals surface area contributed by atoms with Crippen LogP contribution in [0.5, 0.6) is 0 Å². The van der Waals surface area contributed by atoms with Crippen LogP contribution < -0.4 is 10.2 Å². The largest absolute Gasteiger partial charge is 0.353 e. The van der Waals surface area contributed by atoms with Crippen molar-refractivity contribution in [1.82, 2.24) is 30.0 Å². The number of carbonyl (C=O) groups is 1. The van der Waals surface area contributed by atoms with Crippen molar-refractivity contribution in [2.45, 2.75) is 32.7 Å². The van der Waals surface area contributed by atoms with E-state index in [1.54, 1.807) is 11.0 Å². The Morgan fingerprint density at radius 3 is 2.60 bits per heavy atom. The van der Waals surface area contributed by atoms with Crippen LogP contribution in [-0.2, 0) is 11.8 Å².